The van der Waals surface area contributed by atoms with Crippen molar-refractivity contribution in [1.82, 2.24) is 4.98 Å². The maximum atomic E-state index is 12.5. The lowest BCUT2D eigenvalue weighted by Crippen LogP contribution is -2.23. The normalized spacial score (nSPS) is 22.0. The van der Waals surface area contributed by atoms with Crippen LogP contribution in [0.15, 0.2) is 6.20 Å². The third-order valence-corrected chi connectivity index (χ3v) is 4.57. The molecule has 0 aromatic carbocycles. The van der Waals surface area contributed by atoms with E-state index in [2.05, 4.69) is 11.9 Å². The Morgan fingerprint density at radius 2 is 2.17 bits per heavy atom. The Hall–Kier alpha value is -0.780. The van der Waals surface area contributed by atoms with Crippen molar-refractivity contribution in [3.05, 3.63) is 11.1 Å². The zero-order valence-electron chi connectivity index (χ0n) is 10.3. The van der Waals surface area contributed by atoms with Crippen LogP contribution in [0.1, 0.15) is 37.5 Å². The fourth-order valence-electron chi connectivity index (χ4n) is 2.31. The molecule has 0 spiro atoms. The third-order valence-electron chi connectivity index (χ3n) is 3.47. The molecule has 0 amide bonds. The zero-order valence-corrected chi connectivity index (χ0v) is 11.2. The first-order valence-electron chi connectivity index (χ1n) is 6.28. The molecular weight excluding hydrogens is 261 g/mol. The molecule has 0 aliphatic carbocycles. The number of aromatic nitrogens is 1. The van der Waals surface area contributed by atoms with Gasteiger partial charge in [-0.3, -0.25) is 0 Å². The van der Waals surface area contributed by atoms with E-state index in [0.29, 0.717) is 11.0 Å². The lowest BCUT2D eigenvalue weighted by molar-refractivity contribution is -0.134. The largest absolute Gasteiger partial charge is 0.427 e. The van der Waals surface area contributed by atoms with Crippen molar-refractivity contribution in [3.8, 4) is 0 Å². The second-order valence-electron chi connectivity index (χ2n) is 4.70. The Kier molecular flexibility index (Phi) is 4.14. The molecule has 0 bridgehead atoms. The molecule has 1 aromatic rings. The lowest BCUT2D eigenvalue weighted by atomic mass is 9.98. The van der Waals surface area contributed by atoms with Crippen LogP contribution in [0.3, 0.4) is 0 Å². The lowest BCUT2D eigenvalue weighted by Gasteiger charge is -2.19. The molecule has 2 nitrogen and oxygen atoms in total. The van der Waals surface area contributed by atoms with Crippen molar-refractivity contribution in [1.29, 1.82) is 0 Å². The number of nitrogens with zero attached hydrogens (tertiary/aromatic N) is 2. The molecule has 1 fully saturated rings. The average Bonchev–Trinajstić information content (AvgIpc) is 2.68. The van der Waals surface area contributed by atoms with Crippen LogP contribution in [0.5, 0.6) is 0 Å². The molecule has 1 aromatic heterocycles. The Labute approximate surface area is 109 Å². The smallest absolute Gasteiger partial charge is 0.348 e. The maximum absolute atomic E-state index is 12.5. The Bertz CT molecular complexity index is 389. The van der Waals surface area contributed by atoms with Gasteiger partial charge in [-0.2, -0.15) is 13.2 Å². The van der Waals surface area contributed by atoms with Gasteiger partial charge in [0.05, 0.1) is 6.20 Å². The van der Waals surface area contributed by atoms with Crippen LogP contribution in [0.2, 0.25) is 0 Å². The Morgan fingerprint density at radius 1 is 1.39 bits per heavy atom. The molecule has 2 heterocycles. The SMILES string of the molecule is CCC1CCCN(c2ncc(C(F)(F)F)s2)CC1. The highest BCUT2D eigenvalue weighted by Gasteiger charge is 2.34. The zero-order chi connectivity index (χ0) is 13.2. The molecule has 18 heavy (non-hydrogen) atoms. The van der Waals surface area contributed by atoms with E-state index in [1.807, 2.05) is 4.90 Å². The summed E-state index contributed by atoms with van der Waals surface area (Å²) in [7, 11) is 0. The van der Waals surface area contributed by atoms with E-state index in [4.69, 9.17) is 0 Å². The molecule has 0 saturated carbocycles. The van der Waals surface area contributed by atoms with Crippen molar-refractivity contribution >= 4 is 16.5 Å². The highest BCUT2D eigenvalue weighted by Crippen LogP contribution is 2.37. The molecule has 102 valence electrons. The summed E-state index contributed by atoms with van der Waals surface area (Å²) >= 11 is 0.754. The molecular formula is C12H17F3N2S. The molecule has 1 unspecified atom stereocenters. The highest BCUT2D eigenvalue weighted by atomic mass is 32.1. The number of alkyl halides is 3. The first kappa shape index (κ1) is 13.6. The van der Waals surface area contributed by atoms with E-state index in [0.717, 1.165) is 49.9 Å². The monoisotopic (exact) mass is 278 g/mol. The van der Waals surface area contributed by atoms with Crippen molar-refractivity contribution in [2.75, 3.05) is 18.0 Å². The molecule has 1 atom stereocenters. The summed E-state index contributed by atoms with van der Waals surface area (Å²) in [5.74, 6) is 0.706. The molecule has 1 aliphatic heterocycles. The number of halogens is 3. The van der Waals surface area contributed by atoms with Crippen LogP contribution in [0.25, 0.3) is 0 Å². The summed E-state index contributed by atoms with van der Waals surface area (Å²) in [6.45, 7) is 3.82. The van der Waals surface area contributed by atoms with Gasteiger partial charge in [0.2, 0.25) is 0 Å². The van der Waals surface area contributed by atoms with Gasteiger partial charge < -0.3 is 4.90 Å². The second kappa shape index (κ2) is 5.47. The first-order valence-corrected chi connectivity index (χ1v) is 7.10. The van der Waals surface area contributed by atoms with E-state index in [1.165, 1.54) is 6.42 Å². The van der Waals surface area contributed by atoms with Crippen LogP contribution in [0, 0.1) is 5.92 Å². The predicted molar refractivity (Wildman–Crippen MR) is 67.0 cm³/mol. The van der Waals surface area contributed by atoms with Crippen molar-refractivity contribution < 1.29 is 13.2 Å². The van der Waals surface area contributed by atoms with Crippen molar-refractivity contribution in [3.63, 3.8) is 0 Å². The van der Waals surface area contributed by atoms with E-state index >= 15 is 0 Å². The van der Waals surface area contributed by atoms with Crippen molar-refractivity contribution in [2.24, 2.45) is 5.92 Å². The Morgan fingerprint density at radius 3 is 2.78 bits per heavy atom. The Balaban J connectivity index is 2.05. The van der Waals surface area contributed by atoms with Crippen LogP contribution in [-0.4, -0.2) is 18.1 Å². The number of hydrogen-bond donors (Lipinski definition) is 0. The molecule has 1 aliphatic rings. The quantitative estimate of drug-likeness (QED) is 0.807. The minimum absolute atomic E-state index is 0.513. The van der Waals surface area contributed by atoms with Gasteiger partial charge in [-0.25, -0.2) is 4.98 Å². The van der Waals surface area contributed by atoms with Gasteiger partial charge in [-0.05, 0) is 25.2 Å². The summed E-state index contributed by atoms with van der Waals surface area (Å²) in [5, 5.41) is 0.513. The fraction of sp³-hybridized carbons (Fsp3) is 0.750. The van der Waals surface area contributed by atoms with Gasteiger partial charge in [-0.15, -0.1) is 0 Å². The van der Waals surface area contributed by atoms with Gasteiger partial charge in [0.25, 0.3) is 0 Å². The summed E-state index contributed by atoms with van der Waals surface area (Å²) in [4.78, 5) is 5.32. The summed E-state index contributed by atoms with van der Waals surface area (Å²) in [5.41, 5.74) is 0. The molecule has 6 heteroatoms. The maximum Gasteiger partial charge on any atom is 0.427 e. The minimum Gasteiger partial charge on any atom is -0.348 e. The third kappa shape index (κ3) is 3.16. The van der Waals surface area contributed by atoms with E-state index < -0.39 is 11.1 Å². The van der Waals surface area contributed by atoms with Crippen LogP contribution >= 0.6 is 11.3 Å². The van der Waals surface area contributed by atoms with E-state index in [-0.39, 0.29) is 0 Å². The first-order chi connectivity index (χ1) is 8.50. The standard InChI is InChI=1S/C12H17F3N2S/c1-2-9-4-3-6-17(7-5-9)11-16-8-10(18-11)12(13,14)15/h8-9H,2-7H2,1H3. The van der Waals surface area contributed by atoms with Gasteiger partial charge in [0, 0.05) is 13.1 Å². The molecule has 0 N–H and O–H groups in total. The number of rotatable bonds is 2. The van der Waals surface area contributed by atoms with Crippen molar-refractivity contribution in [2.45, 2.75) is 38.8 Å². The van der Waals surface area contributed by atoms with Crippen LogP contribution < -0.4 is 4.90 Å². The topological polar surface area (TPSA) is 16.1 Å². The highest BCUT2D eigenvalue weighted by molar-refractivity contribution is 7.15. The van der Waals surface area contributed by atoms with E-state index in [9.17, 15) is 13.2 Å². The summed E-state index contributed by atoms with van der Waals surface area (Å²) in [6.07, 6.45) is 1.09. The van der Waals surface area contributed by atoms with Crippen LogP contribution in [-0.2, 0) is 6.18 Å². The molecule has 1 saturated heterocycles. The minimum atomic E-state index is -4.27. The number of anilines is 1. The summed E-state index contributed by atoms with van der Waals surface area (Å²) in [6, 6.07) is 0. The second-order valence-corrected chi connectivity index (χ2v) is 5.71. The summed E-state index contributed by atoms with van der Waals surface area (Å²) < 4.78 is 37.6. The molecule has 0 radical (unpaired) electrons. The fourth-order valence-corrected chi connectivity index (χ4v) is 3.14. The van der Waals surface area contributed by atoms with Gasteiger partial charge in [-0.1, -0.05) is 24.7 Å². The number of hydrogen-bond acceptors (Lipinski definition) is 3. The predicted octanol–water partition coefficient (Wildman–Crippen LogP) is 4.18. The molecule has 2 rings (SSSR count). The van der Waals surface area contributed by atoms with Gasteiger partial charge >= 0.3 is 6.18 Å². The average molecular weight is 278 g/mol. The number of thiazole rings is 1. The van der Waals surface area contributed by atoms with Crippen LogP contribution in [0.4, 0.5) is 18.3 Å². The van der Waals surface area contributed by atoms with E-state index in [1.54, 1.807) is 0 Å². The van der Waals surface area contributed by atoms with Gasteiger partial charge in [0.1, 0.15) is 4.88 Å². The van der Waals surface area contributed by atoms with Gasteiger partial charge in [0.15, 0.2) is 5.13 Å².